The van der Waals surface area contributed by atoms with Gasteiger partial charge in [-0.15, -0.1) is 10.2 Å². The summed E-state index contributed by atoms with van der Waals surface area (Å²) in [5.74, 6) is 8.22. The maximum absolute atomic E-state index is 6.10. The Balaban J connectivity index is 1.61. The van der Waals surface area contributed by atoms with E-state index in [2.05, 4.69) is 15.3 Å². The Bertz CT molecular complexity index is 841. The zero-order valence-electron chi connectivity index (χ0n) is 13.9. The van der Waals surface area contributed by atoms with Gasteiger partial charge in [-0.3, -0.25) is 0 Å². The van der Waals surface area contributed by atoms with Crippen LogP contribution in [0.4, 0.5) is 0 Å². The molecule has 0 atom stereocenters. The molecule has 2 aromatic heterocycles. The number of ether oxygens (including phenoxy) is 1. The number of rotatable bonds is 6. The zero-order chi connectivity index (χ0) is 17.1. The normalized spacial score (nSPS) is 11.0. The number of nitrogens with two attached hydrogens (primary N) is 1. The van der Waals surface area contributed by atoms with Crippen molar-refractivity contribution in [3.05, 3.63) is 47.3 Å². The zero-order valence-corrected chi connectivity index (χ0v) is 14.7. The predicted octanol–water partition coefficient (Wildman–Crippen LogP) is 2.27. The van der Waals surface area contributed by atoms with Gasteiger partial charge in [0.15, 0.2) is 0 Å². The molecule has 3 aromatic rings. The Morgan fingerprint density at radius 1 is 1.17 bits per heavy atom. The fraction of sp³-hybridized carbons (Fsp3) is 0.312. The number of thioether (sulfide) groups is 1. The first-order chi connectivity index (χ1) is 11.6. The van der Waals surface area contributed by atoms with Crippen LogP contribution in [0.2, 0.25) is 0 Å². The van der Waals surface area contributed by atoms with Crippen molar-refractivity contribution < 1.29 is 4.74 Å². The molecular weight excluding hydrogens is 324 g/mol. The van der Waals surface area contributed by atoms with Crippen LogP contribution in [0.1, 0.15) is 17.0 Å². The minimum Gasteiger partial charge on any atom is -0.492 e. The minimum absolute atomic E-state index is 0.503. The van der Waals surface area contributed by atoms with Gasteiger partial charge >= 0.3 is 0 Å². The summed E-state index contributed by atoms with van der Waals surface area (Å²) in [4.78, 5) is 0. The van der Waals surface area contributed by atoms with E-state index in [1.54, 1.807) is 4.68 Å². The van der Waals surface area contributed by atoms with Gasteiger partial charge in [0.1, 0.15) is 5.75 Å². The van der Waals surface area contributed by atoms with Crippen LogP contribution in [0, 0.1) is 20.8 Å². The third kappa shape index (κ3) is 3.38. The number of aryl methyl sites for hydroxylation is 3. The molecule has 0 aliphatic carbocycles. The lowest BCUT2D eigenvalue weighted by Crippen LogP contribution is -2.17. The molecule has 0 bridgehead atoms. The summed E-state index contributed by atoms with van der Waals surface area (Å²) in [6.45, 7) is 6.48. The van der Waals surface area contributed by atoms with E-state index in [1.807, 2.05) is 51.1 Å². The SMILES string of the molecule is Cc1cc(C)n(-c2nnc(SCCOc3ccccc3C)n2N)n1. The summed E-state index contributed by atoms with van der Waals surface area (Å²) in [7, 11) is 0. The number of benzene rings is 1. The van der Waals surface area contributed by atoms with Crippen molar-refractivity contribution in [2.24, 2.45) is 0 Å². The fourth-order valence-electron chi connectivity index (χ4n) is 2.35. The Morgan fingerprint density at radius 2 is 1.96 bits per heavy atom. The lowest BCUT2D eigenvalue weighted by molar-refractivity contribution is 0.341. The first kappa shape index (κ1) is 16.4. The van der Waals surface area contributed by atoms with Gasteiger partial charge in [-0.05, 0) is 38.5 Å². The van der Waals surface area contributed by atoms with Crippen molar-refractivity contribution in [3.63, 3.8) is 0 Å². The largest absolute Gasteiger partial charge is 0.492 e. The second-order valence-corrected chi connectivity index (χ2v) is 6.52. The molecule has 0 aliphatic heterocycles. The standard InChI is InChI=1S/C16H20N6OS/c1-11-6-4-5-7-14(11)23-8-9-24-16-19-18-15(21(16)17)22-13(3)10-12(2)20-22/h4-7,10H,8-9,17H2,1-3H3. The summed E-state index contributed by atoms with van der Waals surface area (Å²) in [6, 6.07) is 9.92. The first-order valence-electron chi connectivity index (χ1n) is 7.61. The van der Waals surface area contributed by atoms with Crippen molar-refractivity contribution in [1.29, 1.82) is 0 Å². The lowest BCUT2D eigenvalue weighted by Gasteiger charge is -2.08. The molecule has 8 heteroatoms. The van der Waals surface area contributed by atoms with Crippen molar-refractivity contribution in [1.82, 2.24) is 24.7 Å². The Morgan fingerprint density at radius 3 is 2.67 bits per heavy atom. The van der Waals surface area contributed by atoms with Crippen LogP contribution in [0.25, 0.3) is 5.95 Å². The van der Waals surface area contributed by atoms with Gasteiger partial charge in [0.25, 0.3) is 5.95 Å². The summed E-state index contributed by atoms with van der Waals surface area (Å²) in [6.07, 6.45) is 0. The Hall–Kier alpha value is -2.48. The average Bonchev–Trinajstić information content (AvgIpc) is 3.07. The van der Waals surface area contributed by atoms with Crippen LogP contribution in [0.15, 0.2) is 35.5 Å². The molecule has 2 N–H and O–H groups in total. The number of nitrogens with zero attached hydrogens (tertiary/aromatic N) is 5. The highest BCUT2D eigenvalue weighted by Crippen LogP contribution is 2.19. The van der Waals surface area contributed by atoms with Crippen LogP contribution >= 0.6 is 11.8 Å². The van der Waals surface area contributed by atoms with Gasteiger partial charge in [0.05, 0.1) is 12.3 Å². The molecule has 0 aliphatic rings. The van der Waals surface area contributed by atoms with Crippen LogP contribution in [-0.4, -0.2) is 37.0 Å². The van der Waals surface area contributed by atoms with Gasteiger partial charge in [0, 0.05) is 11.4 Å². The number of hydrogen-bond acceptors (Lipinski definition) is 6. The van der Waals surface area contributed by atoms with Crippen LogP contribution < -0.4 is 10.6 Å². The highest BCUT2D eigenvalue weighted by molar-refractivity contribution is 7.99. The topological polar surface area (TPSA) is 83.8 Å². The van der Waals surface area contributed by atoms with E-state index < -0.39 is 0 Å². The molecule has 0 fully saturated rings. The predicted molar refractivity (Wildman–Crippen MR) is 94.2 cm³/mol. The van der Waals surface area contributed by atoms with Gasteiger partial charge < -0.3 is 10.6 Å². The third-order valence-corrected chi connectivity index (χ3v) is 4.42. The van der Waals surface area contributed by atoms with Crippen molar-refractivity contribution >= 4 is 11.8 Å². The van der Waals surface area contributed by atoms with E-state index in [1.165, 1.54) is 16.4 Å². The molecule has 3 rings (SSSR count). The van der Waals surface area contributed by atoms with Gasteiger partial charge in [-0.25, -0.2) is 9.36 Å². The van der Waals surface area contributed by atoms with E-state index >= 15 is 0 Å². The van der Waals surface area contributed by atoms with Crippen LogP contribution in [0.3, 0.4) is 0 Å². The van der Waals surface area contributed by atoms with E-state index in [0.717, 1.165) is 28.5 Å². The van der Waals surface area contributed by atoms with Crippen LogP contribution in [0.5, 0.6) is 5.75 Å². The first-order valence-corrected chi connectivity index (χ1v) is 8.60. The Kier molecular flexibility index (Phi) is 4.75. The fourth-order valence-corrected chi connectivity index (χ4v) is 3.02. The molecule has 0 radical (unpaired) electrons. The molecular formula is C16H20N6OS. The number of aromatic nitrogens is 5. The van der Waals surface area contributed by atoms with E-state index in [4.69, 9.17) is 10.6 Å². The molecule has 0 amide bonds. The summed E-state index contributed by atoms with van der Waals surface area (Å²) >= 11 is 1.50. The maximum atomic E-state index is 6.10. The molecule has 7 nitrogen and oxygen atoms in total. The number of hydrogen-bond donors (Lipinski definition) is 1. The highest BCUT2D eigenvalue weighted by atomic mass is 32.2. The number of para-hydroxylation sites is 1. The monoisotopic (exact) mass is 344 g/mol. The van der Waals surface area contributed by atoms with Gasteiger partial charge in [-0.1, -0.05) is 30.0 Å². The molecule has 126 valence electrons. The second-order valence-electron chi connectivity index (χ2n) is 5.45. The molecule has 1 aromatic carbocycles. The number of nitrogen functional groups attached to an aromatic ring is 1. The molecule has 0 saturated heterocycles. The quantitative estimate of drug-likeness (QED) is 0.419. The molecule has 24 heavy (non-hydrogen) atoms. The molecule has 0 saturated carbocycles. The van der Waals surface area contributed by atoms with E-state index in [0.29, 0.717) is 17.7 Å². The van der Waals surface area contributed by atoms with E-state index in [-0.39, 0.29) is 0 Å². The maximum Gasteiger partial charge on any atom is 0.271 e. The smallest absolute Gasteiger partial charge is 0.271 e. The van der Waals surface area contributed by atoms with Gasteiger partial charge in [-0.2, -0.15) is 5.10 Å². The second kappa shape index (κ2) is 6.96. The highest BCUT2D eigenvalue weighted by Gasteiger charge is 2.14. The summed E-state index contributed by atoms with van der Waals surface area (Å²) < 4.78 is 8.92. The van der Waals surface area contributed by atoms with Crippen molar-refractivity contribution in [2.45, 2.75) is 25.9 Å². The average molecular weight is 344 g/mol. The van der Waals surface area contributed by atoms with E-state index in [9.17, 15) is 0 Å². The lowest BCUT2D eigenvalue weighted by atomic mass is 10.2. The molecule has 0 spiro atoms. The summed E-state index contributed by atoms with van der Waals surface area (Å²) in [5.41, 5.74) is 3.00. The molecule has 0 unspecified atom stereocenters. The van der Waals surface area contributed by atoms with Gasteiger partial charge in [0.2, 0.25) is 5.16 Å². The Labute approximate surface area is 144 Å². The minimum atomic E-state index is 0.503. The van der Waals surface area contributed by atoms with Crippen LogP contribution in [-0.2, 0) is 0 Å². The molecule has 2 heterocycles. The van der Waals surface area contributed by atoms with Crippen molar-refractivity contribution in [3.8, 4) is 11.7 Å². The van der Waals surface area contributed by atoms with Crippen molar-refractivity contribution in [2.75, 3.05) is 18.2 Å². The third-order valence-electron chi connectivity index (χ3n) is 3.51. The summed E-state index contributed by atoms with van der Waals surface area (Å²) in [5, 5.41) is 13.3.